The first kappa shape index (κ1) is 27.0. The van der Waals surface area contributed by atoms with E-state index in [0.717, 1.165) is 60.4 Å². The summed E-state index contributed by atoms with van der Waals surface area (Å²) in [4.78, 5) is 22.3. The van der Waals surface area contributed by atoms with Crippen LogP contribution in [0.1, 0.15) is 49.9 Å². The highest BCUT2D eigenvalue weighted by Crippen LogP contribution is 2.24. The van der Waals surface area contributed by atoms with Crippen LogP contribution in [0.4, 0.5) is 0 Å². The molecular weight excluding hydrogens is 500 g/mol. The standard InChI is InChI=1S/C30H39ClN4O3/c1-23-7-5-10-27-30(23)32-28(22-38-26-13-11-24(31)12-14-26)35(27)15-6-20-37-29(36)21-33-16-18-34(19-17-33)25-8-3-2-4-9-25/h5,7,10-14,25H,2-4,6,8-9,15-22H2,1H3. The zero-order chi connectivity index (χ0) is 26.3. The Labute approximate surface area is 230 Å². The molecule has 1 aromatic heterocycles. The number of imidazole rings is 1. The minimum absolute atomic E-state index is 0.131. The molecule has 0 unspecified atom stereocenters. The Hall–Kier alpha value is -2.61. The summed E-state index contributed by atoms with van der Waals surface area (Å²) >= 11 is 6.00. The fraction of sp³-hybridized carbons (Fsp3) is 0.533. The highest BCUT2D eigenvalue weighted by atomic mass is 35.5. The van der Waals surface area contributed by atoms with Gasteiger partial charge in [-0.25, -0.2) is 4.98 Å². The number of carbonyl (C=O) groups excluding carboxylic acids is 1. The van der Waals surface area contributed by atoms with Gasteiger partial charge in [-0.1, -0.05) is 43.0 Å². The average molecular weight is 539 g/mol. The Bertz CT molecular complexity index is 1200. The Morgan fingerprint density at radius 3 is 2.55 bits per heavy atom. The third kappa shape index (κ3) is 6.87. The Morgan fingerprint density at radius 2 is 1.79 bits per heavy atom. The van der Waals surface area contributed by atoms with E-state index < -0.39 is 0 Å². The van der Waals surface area contributed by atoms with Gasteiger partial charge in [-0.3, -0.25) is 14.6 Å². The van der Waals surface area contributed by atoms with Crippen molar-refractivity contribution in [3.05, 3.63) is 58.9 Å². The molecule has 5 rings (SSSR count). The summed E-state index contributed by atoms with van der Waals surface area (Å²) in [6, 6.07) is 14.3. The Morgan fingerprint density at radius 1 is 1.03 bits per heavy atom. The van der Waals surface area contributed by atoms with Crippen molar-refractivity contribution in [2.75, 3.05) is 39.3 Å². The minimum Gasteiger partial charge on any atom is -0.486 e. The van der Waals surface area contributed by atoms with Gasteiger partial charge in [0, 0.05) is 43.8 Å². The van der Waals surface area contributed by atoms with Crippen LogP contribution in [0.2, 0.25) is 5.02 Å². The van der Waals surface area contributed by atoms with Crippen LogP contribution in [-0.2, 0) is 22.7 Å². The third-order valence-corrected chi connectivity index (χ3v) is 8.13. The summed E-state index contributed by atoms with van der Waals surface area (Å²) in [7, 11) is 0. The van der Waals surface area contributed by atoms with E-state index in [1.165, 1.54) is 32.1 Å². The second-order valence-electron chi connectivity index (χ2n) is 10.5. The lowest BCUT2D eigenvalue weighted by Gasteiger charge is -2.40. The second-order valence-corrected chi connectivity index (χ2v) is 11.0. The molecule has 3 aromatic rings. The van der Waals surface area contributed by atoms with Gasteiger partial charge in [0.2, 0.25) is 0 Å². The van der Waals surface area contributed by atoms with E-state index in [-0.39, 0.29) is 5.97 Å². The summed E-state index contributed by atoms with van der Waals surface area (Å²) in [5.74, 6) is 1.47. The van der Waals surface area contributed by atoms with Crippen molar-refractivity contribution < 1.29 is 14.3 Å². The van der Waals surface area contributed by atoms with Crippen LogP contribution in [-0.4, -0.2) is 70.7 Å². The van der Waals surface area contributed by atoms with Crippen molar-refractivity contribution in [2.45, 2.75) is 64.6 Å². The molecule has 0 spiro atoms. The normalized spacial score (nSPS) is 17.6. The first-order chi connectivity index (χ1) is 18.6. The SMILES string of the molecule is Cc1cccc2c1nc(COc1ccc(Cl)cc1)n2CCCOC(=O)CN1CCN(C2CCCCC2)CC1. The average Bonchev–Trinajstić information content (AvgIpc) is 3.30. The van der Waals surface area contributed by atoms with Crippen LogP contribution < -0.4 is 4.74 Å². The summed E-state index contributed by atoms with van der Waals surface area (Å²) in [6.07, 6.45) is 7.50. The number of esters is 1. The van der Waals surface area contributed by atoms with Crippen LogP contribution in [0.3, 0.4) is 0 Å². The van der Waals surface area contributed by atoms with Crippen molar-refractivity contribution in [3.8, 4) is 5.75 Å². The van der Waals surface area contributed by atoms with Gasteiger partial charge in [0.25, 0.3) is 0 Å². The molecule has 0 atom stereocenters. The van der Waals surface area contributed by atoms with Crippen molar-refractivity contribution >= 4 is 28.6 Å². The lowest BCUT2D eigenvalue weighted by Crippen LogP contribution is -2.51. The van der Waals surface area contributed by atoms with Crippen molar-refractivity contribution in [2.24, 2.45) is 0 Å². The number of aryl methyl sites for hydroxylation is 2. The molecule has 8 heteroatoms. The molecule has 0 N–H and O–H groups in total. The van der Waals surface area contributed by atoms with Gasteiger partial charge in [-0.2, -0.15) is 0 Å². The minimum atomic E-state index is -0.131. The Balaban J connectivity index is 1.10. The molecule has 7 nitrogen and oxygen atoms in total. The number of nitrogens with zero attached hydrogens (tertiary/aromatic N) is 4. The van der Waals surface area contributed by atoms with E-state index in [1.54, 1.807) is 0 Å². The van der Waals surface area contributed by atoms with Crippen molar-refractivity contribution in [1.82, 2.24) is 19.4 Å². The Kier molecular flexibility index (Phi) is 9.20. The van der Waals surface area contributed by atoms with Gasteiger partial charge in [0.1, 0.15) is 18.2 Å². The molecule has 1 aliphatic carbocycles. The van der Waals surface area contributed by atoms with Gasteiger partial charge in [0.05, 0.1) is 24.2 Å². The van der Waals surface area contributed by atoms with E-state index in [0.29, 0.717) is 37.7 Å². The monoisotopic (exact) mass is 538 g/mol. The van der Waals surface area contributed by atoms with E-state index in [9.17, 15) is 4.79 Å². The van der Waals surface area contributed by atoms with Crippen molar-refractivity contribution in [1.29, 1.82) is 0 Å². The quantitative estimate of drug-likeness (QED) is 0.252. The number of carbonyl (C=O) groups is 1. The number of fused-ring (bicyclic) bond motifs is 1. The molecule has 2 fully saturated rings. The maximum atomic E-state index is 12.5. The van der Waals surface area contributed by atoms with E-state index in [1.807, 2.05) is 30.3 Å². The van der Waals surface area contributed by atoms with Crippen LogP contribution in [0.15, 0.2) is 42.5 Å². The maximum absolute atomic E-state index is 12.5. The predicted molar refractivity (Wildman–Crippen MR) is 151 cm³/mol. The number of para-hydroxylation sites is 1. The summed E-state index contributed by atoms with van der Waals surface area (Å²) in [5, 5.41) is 0.677. The molecule has 1 aliphatic heterocycles. The summed E-state index contributed by atoms with van der Waals surface area (Å²) < 4.78 is 13.8. The number of rotatable bonds is 10. The lowest BCUT2D eigenvalue weighted by molar-refractivity contribution is -0.145. The molecule has 2 heterocycles. The first-order valence-corrected chi connectivity index (χ1v) is 14.4. The molecule has 0 amide bonds. The van der Waals surface area contributed by atoms with Crippen LogP contribution in [0, 0.1) is 6.92 Å². The van der Waals surface area contributed by atoms with Gasteiger partial charge < -0.3 is 14.0 Å². The zero-order valence-corrected chi connectivity index (χ0v) is 23.2. The van der Waals surface area contributed by atoms with E-state index >= 15 is 0 Å². The van der Waals surface area contributed by atoms with Gasteiger partial charge in [-0.15, -0.1) is 0 Å². The van der Waals surface area contributed by atoms with Gasteiger partial charge in [-0.05, 0) is 62.1 Å². The van der Waals surface area contributed by atoms with Gasteiger partial charge >= 0.3 is 5.97 Å². The number of hydrogen-bond acceptors (Lipinski definition) is 6. The zero-order valence-electron chi connectivity index (χ0n) is 22.4. The number of ether oxygens (including phenoxy) is 2. The number of piperazine rings is 1. The molecule has 204 valence electrons. The summed E-state index contributed by atoms with van der Waals surface area (Å²) in [5.41, 5.74) is 3.18. The molecule has 1 saturated carbocycles. The fourth-order valence-corrected chi connectivity index (χ4v) is 5.87. The molecule has 0 bridgehead atoms. The van der Waals surface area contributed by atoms with Crippen molar-refractivity contribution in [3.63, 3.8) is 0 Å². The molecule has 0 radical (unpaired) electrons. The molecular formula is C30H39ClN4O3. The number of benzene rings is 2. The smallest absolute Gasteiger partial charge is 0.320 e. The predicted octanol–water partition coefficient (Wildman–Crippen LogP) is 5.46. The topological polar surface area (TPSA) is 59.8 Å². The van der Waals surface area contributed by atoms with Crippen LogP contribution >= 0.6 is 11.6 Å². The highest BCUT2D eigenvalue weighted by Gasteiger charge is 2.26. The number of aromatic nitrogens is 2. The lowest BCUT2D eigenvalue weighted by atomic mass is 9.94. The maximum Gasteiger partial charge on any atom is 0.320 e. The molecule has 2 aliphatic rings. The van der Waals surface area contributed by atoms with Crippen LogP contribution in [0.25, 0.3) is 11.0 Å². The molecule has 38 heavy (non-hydrogen) atoms. The van der Waals surface area contributed by atoms with E-state index in [2.05, 4.69) is 33.4 Å². The highest BCUT2D eigenvalue weighted by molar-refractivity contribution is 6.30. The summed E-state index contributed by atoms with van der Waals surface area (Å²) in [6.45, 7) is 7.91. The van der Waals surface area contributed by atoms with Gasteiger partial charge in [0.15, 0.2) is 0 Å². The largest absolute Gasteiger partial charge is 0.486 e. The molecule has 2 aromatic carbocycles. The number of halogens is 1. The second kappa shape index (κ2) is 13.0. The van der Waals surface area contributed by atoms with Crippen LogP contribution in [0.5, 0.6) is 5.75 Å². The fourth-order valence-electron chi connectivity index (χ4n) is 5.74. The van der Waals surface area contributed by atoms with E-state index in [4.69, 9.17) is 26.1 Å². The first-order valence-electron chi connectivity index (χ1n) is 14.0. The third-order valence-electron chi connectivity index (χ3n) is 7.88. The molecule has 1 saturated heterocycles. The number of hydrogen-bond donors (Lipinski definition) is 0.